The molecule has 2 aromatic carbocycles. The molecular formula is C28H27N5O4. The molecule has 2 atom stereocenters. The number of carbonyl (C=O) groups is 1. The van der Waals surface area contributed by atoms with Gasteiger partial charge in [0.2, 0.25) is 5.88 Å². The second kappa shape index (κ2) is 10.7. The lowest BCUT2D eigenvalue weighted by atomic mass is 9.92. The van der Waals surface area contributed by atoms with Gasteiger partial charge in [0.05, 0.1) is 29.8 Å². The number of nitriles is 1. The largest absolute Gasteiger partial charge is 0.478 e. The van der Waals surface area contributed by atoms with Crippen LogP contribution in [0.2, 0.25) is 0 Å². The standard InChI is InChI=1S/C28H27N5O4/c1-18-15-21(7-8-22(18)28(34)35)31-26-25-23(33(32-26)24-17-36-14-11-20(24)9-12-29)10-13-30-27(25)37-16-19-5-3-2-4-6-19/h2-8,10,13,15,20,24H,9,11,14,16-17H2,1H3,(H,31,32)(H,34,35)/t20-,24-/m0/s1. The molecule has 37 heavy (non-hydrogen) atoms. The molecule has 1 aliphatic rings. The Morgan fingerprint density at radius 2 is 2.11 bits per heavy atom. The van der Waals surface area contributed by atoms with Gasteiger partial charge in [-0.2, -0.15) is 10.4 Å². The van der Waals surface area contributed by atoms with Crippen molar-refractivity contribution in [1.82, 2.24) is 14.8 Å². The average Bonchev–Trinajstić information content (AvgIpc) is 3.27. The average molecular weight is 498 g/mol. The van der Waals surface area contributed by atoms with E-state index in [-0.39, 0.29) is 17.5 Å². The molecule has 3 heterocycles. The lowest BCUT2D eigenvalue weighted by Crippen LogP contribution is -2.30. The van der Waals surface area contributed by atoms with E-state index < -0.39 is 5.97 Å². The summed E-state index contributed by atoms with van der Waals surface area (Å²) in [5.41, 5.74) is 3.40. The van der Waals surface area contributed by atoms with E-state index in [1.54, 1.807) is 31.3 Å². The summed E-state index contributed by atoms with van der Waals surface area (Å²) in [6, 6.07) is 19.0. The molecule has 0 aliphatic carbocycles. The third-order valence-electron chi connectivity index (χ3n) is 6.66. The van der Waals surface area contributed by atoms with Gasteiger partial charge in [0.1, 0.15) is 12.0 Å². The molecule has 0 bridgehead atoms. The van der Waals surface area contributed by atoms with E-state index in [1.807, 2.05) is 41.1 Å². The molecule has 188 valence electrons. The number of pyridine rings is 1. The summed E-state index contributed by atoms with van der Waals surface area (Å²) in [6.45, 7) is 3.17. The molecule has 1 aliphatic heterocycles. The second-order valence-electron chi connectivity index (χ2n) is 9.09. The van der Waals surface area contributed by atoms with Crippen molar-refractivity contribution in [1.29, 1.82) is 5.26 Å². The molecule has 9 nitrogen and oxygen atoms in total. The number of hydrogen-bond donors (Lipinski definition) is 2. The van der Waals surface area contributed by atoms with Crippen LogP contribution in [-0.2, 0) is 11.3 Å². The maximum atomic E-state index is 11.5. The van der Waals surface area contributed by atoms with Crippen LogP contribution >= 0.6 is 0 Å². The molecule has 9 heteroatoms. The Morgan fingerprint density at radius 1 is 1.27 bits per heavy atom. The van der Waals surface area contributed by atoms with Crippen molar-refractivity contribution in [2.75, 3.05) is 18.5 Å². The van der Waals surface area contributed by atoms with Crippen molar-refractivity contribution in [2.24, 2.45) is 5.92 Å². The zero-order valence-corrected chi connectivity index (χ0v) is 20.4. The second-order valence-corrected chi connectivity index (χ2v) is 9.09. The molecule has 0 amide bonds. The number of nitrogens with one attached hydrogen (secondary N) is 1. The highest BCUT2D eigenvalue weighted by atomic mass is 16.5. The Labute approximate surface area is 214 Å². The molecule has 2 N–H and O–H groups in total. The number of carboxylic acids is 1. The molecule has 4 aromatic rings. The van der Waals surface area contributed by atoms with Crippen molar-refractivity contribution in [2.45, 2.75) is 32.4 Å². The van der Waals surface area contributed by atoms with E-state index in [2.05, 4.69) is 16.4 Å². The minimum Gasteiger partial charge on any atom is -0.478 e. The van der Waals surface area contributed by atoms with Crippen molar-refractivity contribution in [3.63, 3.8) is 0 Å². The molecule has 0 unspecified atom stereocenters. The molecule has 0 radical (unpaired) electrons. The first-order valence-corrected chi connectivity index (χ1v) is 12.1. The molecule has 1 saturated heterocycles. The van der Waals surface area contributed by atoms with Crippen LogP contribution in [0.25, 0.3) is 10.9 Å². The van der Waals surface area contributed by atoms with Gasteiger partial charge >= 0.3 is 5.97 Å². The first-order chi connectivity index (χ1) is 18.0. The fourth-order valence-corrected chi connectivity index (χ4v) is 4.74. The molecule has 1 fully saturated rings. The highest BCUT2D eigenvalue weighted by Gasteiger charge is 2.31. The first kappa shape index (κ1) is 24.3. The third-order valence-corrected chi connectivity index (χ3v) is 6.66. The minimum atomic E-state index is -0.972. The highest BCUT2D eigenvalue weighted by molar-refractivity contribution is 5.96. The number of fused-ring (bicyclic) bond motifs is 1. The maximum absolute atomic E-state index is 11.5. The molecule has 0 spiro atoms. The minimum absolute atomic E-state index is 0.105. The normalized spacial score (nSPS) is 17.3. The number of hydrogen-bond acceptors (Lipinski definition) is 7. The Bertz CT molecular complexity index is 1460. The van der Waals surface area contributed by atoms with Crippen LogP contribution < -0.4 is 10.1 Å². The summed E-state index contributed by atoms with van der Waals surface area (Å²) in [6.07, 6.45) is 2.89. The number of aromatic carboxylic acids is 1. The van der Waals surface area contributed by atoms with Gasteiger partial charge in [-0.1, -0.05) is 30.3 Å². The van der Waals surface area contributed by atoms with Crippen LogP contribution in [0.1, 0.15) is 40.4 Å². The number of carboxylic acid groups (broad SMARTS) is 1. The highest BCUT2D eigenvalue weighted by Crippen LogP contribution is 2.38. The van der Waals surface area contributed by atoms with Gasteiger partial charge in [-0.05, 0) is 54.7 Å². The van der Waals surface area contributed by atoms with Gasteiger partial charge in [0.25, 0.3) is 0 Å². The van der Waals surface area contributed by atoms with Gasteiger partial charge in [0, 0.05) is 24.9 Å². The third kappa shape index (κ3) is 5.10. The fourth-order valence-electron chi connectivity index (χ4n) is 4.74. The number of rotatable bonds is 8. The van der Waals surface area contributed by atoms with Gasteiger partial charge in [-0.25, -0.2) is 9.78 Å². The number of anilines is 2. The SMILES string of the molecule is Cc1cc(Nc2nn([C@H]3COCC[C@@H]3CC#N)c3ccnc(OCc4ccccc4)c23)ccc1C(=O)O. The molecule has 2 aromatic heterocycles. The van der Waals surface area contributed by atoms with Crippen molar-refractivity contribution in [3.8, 4) is 11.9 Å². The Kier molecular flexibility index (Phi) is 7.01. The summed E-state index contributed by atoms with van der Waals surface area (Å²) >= 11 is 0. The number of aryl methyl sites for hydroxylation is 1. The summed E-state index contributed by atoms with van der Waals surface area (Å²) in [4.78, 5) is 16.0. The van der Waals surface area contributed by atoms with Gasteiger partial charge in [-0.3, -0.25) is 4.68 Å². The van der Waals surface area contributed by atoms with Crippen LogP contribution in [0.3, 0.4) is 0 Å². The lowest BCUT2D eigenvalue weighted by molar-refractivity contribution is 0.0211. The first-order valence-electron chi connectivity index (χ1n) is 12.1. The smallest absolute Gasteiger partial charge is 0.335 e. The predicted octanol–water partition coefficient (Wildman–Crippen LogP) is 5.25. The van der Waals surface area contributed by atoms with E-state index in [1.165, 1.54) is 0 Å². The summed E-state index contributed by atoms with van der Waals surface area (Å²) < 4.78 is 13.9. The Hall–Kier alpha value is -4.42. The monoisotopic (exact) mass is 497 g/mol. The summed E-state index contributed by atoms with van der Waals surface area (Å²) in [7, 11) is 0. The van der Waals surface area contributed by atoms with Crippen LogP contribution in [0, 0.1) is 24.2 Å². The van der Waals surface area contributed by atoms with Gasteiger partial charge in [0.15, 0.2) is 5.82 Å². The molecule has 5 rings (SSSR count). The van der Waals surface area contributed by atoms with Crippen molar-refractivity contribution < 1.29 is 19.4 Å². The van der Waals surface area contributed by atoms with E-state index in [0.29, 0.717) is 54.6 Å². The molecular weight excluding hydrogens is 470 g/mol. The lowest BCUT2D eigenvalue weighted by Gasteiger charge is -2.30. The van der Waals surface area contributed by atoms with E-state index >= 15 is 0 Å². The van der Waals surface area contributed by atoms with E-state index in [9.17, 15) is 15.2 Å². The van der Waals surface area contributed by atoms with Crippen LogP contribution in [0.5, 0.6) is 5.88 Å². The van der Waals surface area contributed by atoms with Crippen LogP contribution in [-0.4, -0.2) is 39.1 Å². The number of nitrogens with zero attached hydrogens (tertiary/aromatic N) is 4. The number of benzene rings is 2. The quantitative estimate of drug-likeness (QED) is 0.338. The van der Waals surface area contributed by atoms with E-state index in [4.69, 9.17) is 14.6 Å². The topological polar surface area (TPSA) is 122 Å². The number of aromatic nitrogens is 3. The molecule has 0 saturated carbocycles. The van der Waals surface area contributed by atoms with Gasteiger partial charge in [-0.15, -0.1) is 0 Å². The van der Waals surface area contributed by atoms with Crippen molar-refractivity contribution >= 4 is 28.4 Å². The summed E-state index contributed by atoms with van der Waals surface area (Å²) in [5.74, 6) is 0.103. The van der Waals surface area contributed by atoms with Gasteiger partial charge < -0.3 is 19.9 Å². The van der Waals surface area contributed by atoms with Crippen LogP contribution in [0.4, 0.5) is 11.5 Å². The Balaban J connectivity index is 1.57. The van der Waals surface area contributed by atoms with E-state index in [0.717, 1.165) is 17.5 Å². The zero-order valence-electron chi connectivity index (χ0n) is 20.4. The van der Waals surface area contributed by atoms with Crippen molar-refractivity contribution in [3.05, 3.63) is 77.5 Å². The number of ether oxygens (including phenoxy) is 2. The predicted molar refractivity (Wildman–Crippen MR) is 138 cm³/mol. The summed E-state index contributed by atoms with van der Waals surface area (Å²) in [5, 5.41) is 27.8. The fraction of sp³-hybridized carbons (Fsp3) is 0.286. The maximum Gasteiger partial charge on any atom is 0.335 e. The van der Waals surface area contributed by atoms with Crippen LogP contribution in [0.15, 0.2) is 60.8 Å². The zero-order chi connectivity index (χ0) is 25.8. The Morgan fingerprint density at radius 3 is 2.86 bits per heavy atom.